The second kappa shape index (κ2) is 5.86. The lowest BCUT2D eigenvalue weighted by Crippen LogP contribution is -2.28. The van der Waals surface area contributed by atoms with Crippen molar-refractivity contribution in [2.45, 2.75) is 50.8 Å². The normalized spacial score (nSPS) is 27.8. The quantitative estimate of drug-likeness (QED) is 0.927. The Balaban J connectivity index is 2.47. The molecule has 0 spiro atoms. The van der Waals surface area contributed by atoms with Gasteiger partial charge in [0.1, 0.15) is 0 Å². The van der Waals surface area contributed by atoms with Gasteiger partial charge in [0.25, 0.3) is 0 Å². The SMILES string of the molecule is CC1CCC(C(C)C)C(c2ccccc2S(N)(=O)=O)C1. The number of rotatable bonds is 3. The van der Waals surface area contributed by atoms with Crippen molar-refractivity contribution in [3.05, 3.63) is 29.8 Å². The molecule has 0 heterocycles. The van der Waals surface area contributed by atoms with Crippen molar-refractivity contribution < 1.29 is 8.42 Å². The predicted molar refractivity (Wildman–Crippen MR) is 81.9 cm³/mol. The Labute approximate surface area is 122 Å². The fourth-order valence-electron chi connectivity index (χ4n) is 3.61. The smallest absolute Gasteiger partial charge is 0.225 e. The second-order valence-electron chi connectivity index (χ2n) is 6.52. The molecule has 1 aliphatic rings. The van der Waals surface area contributed by atoms with E-state index < -0.39 is 10.0 Å². The van der Waals surface area contributed by atoms with Crippen LogP contribution in [0.1, 0.15) is 51.5 Å². The maximum atomic E-state index is 11.8. The Morgan fingerprint density at radius 3 is 2.45 bits per heavy atom. The molecule has 0 radical (unpaired) electrons. The van der Waals surface area contributed by atoms with Gasteiger partial charge < -0.3 is 0 Å². The zero-order valence-electron chi connectivity index (χ0n) is 12.5. The standard InChI is InChI=1S/C16H25NO2S/c1-11(2)13-9-8-12(3)10-15(13)14-6-4-5-7-16(14)20(17,18)19/h4-7,11-13,15H,8-10H2,1-3H3,(H2,17,18,19). The van der Waals surface area contributed by atoms with Gasteiger partial charge in [-0.05, 0) is 48.1 Å². The lowest BCUT2D eigenvalue weighted by Gasteiger charge is -2.38. The van der Waals surface area contributed by atoms with Gasteiger partial charge in [-0.3, -0.25) is 0 Å². The first-order chi connectivity index (χ1) is 9.30. The zero-order valence-corrected chi connectivity index (χ0v) is 13.4. The van der Waals surface area contributed by atoms with Gasteiger partial charge >= 0.3 is 0 Å². The van der Waals surface area contributed by atoms with Crippen LogP contribution in [0, 0.1) is 17.8 Å². The summed E-state index contributed by atoms with van der Waals surface area (Å²) < 4.78 is 23.7. The molecule has 2 rings (SSSR count). The van der Waals surface area contributed by atoms with Crippen LogP contribution in [0.3, 0.4) is 0 Å². The van der Waals surface area contributed by atoms with Crippen molar-refractivity contribution in [1.82, 2.24) is 0 Å². The molecular formula is C16H25NO2S. The number of hydrogen-bond donors (Lipinski definition) is 1. The summed E-state index contributed by atoms with van der Waals surface area (Å²) in [5.41, 5.74) is 0.917. The summed E-state index contributed by atoms with van der Waals surface area (Å²) in [4.78, 5) is 0.310. The van der Waals surface area contributed by atoms with Crippen LogP contribution in [0.2, 0.25) is 0 Å². The topological polar surface area (TPSA) is 60.2 Å². The molecule has 0 aliphatic heterocycles. The number of nitrogens with two attached hydrogens (primary N) is 1. The van der Waals surface area contributed by atoms with Crippen LogP contribution in [0.5, 0.6) is 0 Å². The van der Waals surface area contributed by atoms with E-state index in [4.69, 9.17) is 5.14 Å². The van der Waals surface area contributed by atoms with E-state index in [1.807, 2.05) is 12.1 Å². The molecule has 1 fully saturated rings. The Morgan fingerprint density at radius 2 is 1.85 bits per heavy atom. The van der Waals surface area contributed by atoms with Crippen LogP contribution in [0.25, 0.3) is 0 Å². The van der Waals surface area contributed by atoms with Gasteiger partial charge in [0.05, 0.1) is 4.90 Å². The van der Waals surface area contributed by atoms with Gasteiger partial charge in [-0.1, -0.05) is 45.4 Å². The van der Waals surface area contributed by atoms with Gasteiger partial charge in [0, 0.05) is 0 Å². The van der Waals surface area contributed by atoms with E-state index in [0.717, 1.165) is 12.0 Å². The summed E-state index contributed by atoms with van der Waals surface area (Å²) in [7, 11) is -3.65. The molecule has 0 bridgehead atoms. The molecule has 1 aromatic carbocycles. The van der Waals surface area contributed by atoms with E-state index >= 15 is 0 Å². The van der Waals surface area contributed by atoms with Crippen molar-refractivity contribution in [2.24, 2.45) is 22.9 Å². The second-order valence-corrected chi connectivity index (χ2v) is 8.05. The Kier molecular flexibility index (Phi) is 4.55. The first-order valence-corrected chi connectivity index (χ1v) is 8.97. The van der Waals surface area contributed by atoms with Crippen LogP contribution in [-0.2, 0) is 10.0 Å². The number of benzene rings is 1. The molecule has 4 heteroatoms. The predicted octanol–water partition coefficient (Wildman–Crippen LogP) is 3.51. The van der Waals surface area contributed by atoms with Crippen molar-refractivity contribution in [1.29, 1.82) is 0 Å². The molecule has 20 heavy (non-hydrogen) atoms. The summed E-state index contributed by atoms with van der Waals surface area (Å²) >= 11 is 0. The van der Waals surface area contributed by atoms with Gasteiger partial charge in [-0.2, -0.15) is 0 Å². The summed E-state index contributed by atoms with van der Waals surface area (Å²) in [6.45, 7) is 6.71. The van der Waals surface area contributed by atoms with E-state index in [-0.39, 0.29) is 0 Å². The molecule has 1 saturated carbocycles. The highest BCUT2D eigenvalue weighted by Gasteiger charge is 2.34. The summed E-state index contributed by atoms with van der Waals surface area (Å²) in [5.74, 6) is 2.03. The van der Waals surface area contributed by atoms with Crippen molar-refractivity contribution in [3.63, 3.8) is 0 Å². The van der Waals surface area contributed by atoms with Gasteiger partial charge in [-0.25, -0.2) is 13.6 Å². The highest BCUT2D eigenvalue weighted by atomic mass is 32.2. The molecule has 1 aliphatic carbocycles. The molecule has 3 nitrogen and oxygen atoms in total. The fraction of sp³-hybridized carbons (Fsp3) is 0.625. The lowest BCUT2D eigenvalue weighted by atomic mass is 9.67. The molecule has 112 valence electrons. The van der Waals surface area contributed by atoms with Gasteiger partial charge in [-0.15, -0.1) is 0 Å². The van der Waals surface area contributed by atoms with E-state index in [0.29, 0.717) is 28.6 Å². The summed E-state index contributed by atoms with van der Waals surface area (Å²) in [6.07, 6.45) is 3.45. The Morgan fingerprint density at radius 1 is 1.20 bits per heavy atom. The average molecular weight is 295 g/mol. The van der Waals surface area contributed by atoms with Crippen LogP contribution in [0.15, 0.2) is 29.2 Å². The zero-order chi connectivity index (χ0) is 14.9. The molecule has 3 unspecified atom stereocenters. The van der Waals surface area contributed by atoms with Crippen molar-refractivity contribution in [2.75, 3.05) is 0 Å². The fourth-order valence-corrected chi connectivity index (χ4v) is 4.42. The van der Waals surface area contributed by atoms with Gasteiger partial charge in [0.2, 0.25) is 10.0 Å². The molecular weight excluding hydrogens is 270 g/mol. The largest absolute Gasteiger partial charge is 0.238 e. The van der Waals surface area contributed by atoms with Crippen LogP contribution in [0.4, 0.5) is 0 Å². The van der Waals surface area contributed by atoms with Crippen LogP contribution in [-0.4, -0.2) is 8.42 Å². The first-order valence-electron chi connectivity index (χ1n) is 7.42. The molecule has 0 saturated heterocycles. The van der Waals surface area contributed by atoms with E-state index in [2.05, 4.69) is 20.8 Å². The maximum Gasteiger partial charge on any atom is 0.238 e. The Bertz CT molecular complexity index is 566. The third kappa shape index (κ3) is 3.23. The maximum absolute atomic E-state index is 11.8. The monoisotopic (exact) mass is 295 g/mol. The van der Waals surface area contributed by atoms with E-state index in [1.165, 1.54) is 12.8 Å². The molecule has 0 aromatic heterocycles. The van der Waals surface area contributed by atoms with E-state index in [9.17, 15) is 8.42 Å². The van der Waals surface area contributed by atoms with Crippen LogP contribution < -0.4 is 5.14 Å². The number of primary sulfonamides is 1. The molecule has 0 amide bonds. The summed E-state index contributed by atoms with van der Waals surface area (Å²) in [5, 5.41) is 5.39. The first kappa shape index (κ1) is 15.5. The minimum absolute atomic E-state index is 0.299. The van der Waals surface area contributed by atoms with Crippen molar-refractivity contribution >= 4 is 10.0 Å². The minimum atomic E-state index is -3.65. The lowest BCUT2D eigenvalue weighted by molar-refractivity contribution is 0.195. The molecule has 1 aromatic rings. The van der Waals surface area contributed by atoms with E-state index in [1.54, 1.807) is 12.1 Å². The third-order valence-corrected chi connectivity index (χ3v) is 5.63. The summed E-state index contributed by atoms with van der Waals surface area (Å²) in [6, 6.07) is 7.25. The highest BCUT2D eigenvalue weighted by molar-refractivity contribution is 7.89. The highest BCUT2D eigenvalue weighted by Crippen LogP contribution is 2.45. The third-order valence-electron chi connectivity index (χ3n) is 4.65. The molecule has 3 atom stereocenters. The Hall–Kier alpha value is -0.870. The number of sulfonamides is 1. The van der Waals surface area contributed by atoms with Crippen molar-refractivity contribution in [3.8, 4) is 0 Å². The minimum Gasteiger partial charge on any atom is -0.225 e. The average Bonchev–Trinajstić information content (AvgIpc) is 2.37. The molecule has 2 N–H and O–H groups in total. The van der Waals surface area contributed by atoms with Crippen LogP contribution >= 0.6 is 0 Å². The van der Waals surface area contributed by atoms with Gasteiger partial charge in [0.15, 0.2) is 0 Å². The number of hydrogen-bond acceptors (Lipinski definition) is 2.